The van der Waals surface area contributed by atoms with Gasteiger partial charge in [-0.3, -0.25) is 19.8 Å². The molecule has 136 valence electrons. The third kappa shape index (κ3) is 3.78. The number of nitrogens with one attached hydrogen (secondary N) is 1. The Balaban J connectivity index is 1.51. The van der Waals surface area contributed by atoms with Crippen molar-refractivity contribution in [2.75, 3.05) is 13.1 Å². The second-order valence-electron chi connectivity index (χ2n) is 6.90. The summed E-state index contributed by atoms with van der Waals surface area (Å²) in [5.41, 5.74) is 4.25. The Morgan fingerprint density at radius 2 is 2.15 bits per heavy atom. The number of amides is 1. The summed E-state index contributed by atoms with van der Waals surface area (Å²) in [7, 11) is 0. The molecule has 1 fully saturated rings. The fourth-order valence-corrected chi connectivity index (χ4v) is 4.32. The monoisotopic (exact) mass is 369 g/mol. The number of nitrogens with zero attached hydrogens (tertiary/aromatic N) is 4. The van der Waals surface area contributed by atoms with Crippen LogP contribution in [0.3, 0.4) is 0 Å². The zero-order valence-electron chi connectivity index (χ0n) is 14.9. The number of benzene rings is 1. The maximum absolute atomic E-state index is 11.6. The molecule has 1 aromatic carbocycles. The van der Waals surface area contributed by atoms with E-state index in [1.807, 2.05) is 22.8 Å². The van der Waals surface area contributed by atoms with Gasteiger partial charge in [0.25, 0.3) is 0 Å². The van der Waals surface area contributed by atoms with E-state index in [4.69, 9.17) is 0 Å². The van der Waals surface area contributed by atoms with E-state index in [1.54, 1.807) is 18.3 Å². The van der Waals surface area contributed by atoms with Crippen molar-refractivity contribution in [1.82, 2.24) is 25.0 Å². The number of thiazole rings is 1. The molecule has 3 heterocycles. The van der Waals surface area contributed by atoms with Gasteiger partial charge in [0, 0.05) is 55.6 Å². The smallest absolute Gasteiger partial charge is 0.219 e. The second kappa shape index (κ2) is 7.55. The van der Waals surface area contributed by atoms with Gasteiger partial charge in [0.2, 0.25) is 5.91 Å². The predicted octanol–water partition coefficient (Wildman–Crippen LogP) is 3.03. The van der Waals surface area contributed by atoms with Crippen LogP contribution >= 0.6 is 11.3 Å². The van der Waals surface area contributed by atoms with Crippen LogP contribution in [0.2, 0.25) is 0 Å². The van der Waals surface area contributed by atoms with Gasteiger partial charge >= 0.3 is 0 Å². The number of likely N-dealkylation sites (tertiary alicyclic amines) is 1. The summed E-state index contributed by atoms with van der Waals surface area (Å²) in [5, 5.41) is 8.31. The number of aromatic nitrogens is 3. The molecule has 0 saturated carbocycles. The summed E-state index contributed by atoms with van der Waals surface area (Å²) in [5.74, 6) is 0.183. The SMILES string of the molecule is CC(=O)N1CCC(N(Cc2ccc3cn[nH]c3c2)Cc2cncs2)CC1. The molecule has 1 saturated heterocycles. The quantitative estimate of drug-likeness (QED) is 0.751. The number of fused-ring (bicyclic) bond motifs is 1. The molecule has 1 aliphatic heterocycles. The third-order valence-corrected chi connectivity index (χ3v) is 5.92. The van der Waals surface area contributed by atoms with E-state index >= 15 is 0 Å². The topological polar surface area (TPSA) is 65.1 Å². The Bertz CT molecular complexity index is 867. The number of carbonyl (C=O) groups excluding carboxylic acids is 1. The lowest BCUT2D eigenvalue weighted by Gasteiger charge is -2.38. The number of hydrogen-bond donors (Lipinski definition) is 1. The lowest BCUT2D eigenvalue weighted by Crippen LogP contribution is -2.45. The van der Waals surface area contributed by atoms with E-state index in [9.17, 15) is 4.79 Å². The van der Waals surface area contributed by atoms with Crippen LogP contribution in [0, 0.1) is 0 Å². The molecule has 6 nitrogen and oxygen atoms in total. The van der Waals surface area contributed by atoms with E-state index in [0.29, 0.717) is 6.04 Å². The first-order valence-electron chi connectivity index (χ1n) is 8.98. The molecule has 1 aliphatic rings. The molecule has 26 heavy (non-hydrogen) atoms. The summed E-state index contributed by atoms with van der Waals surface area (Å²) >= 11 is 1.70. The first kappa shape index (κ1) is 17.2. The molecule has 0 unspecified atom stereocenters. The molecule has 0 bridgehead atoms. The fourth-order valence-electron chi connectivity index (χ4n) is 3.70. The summed E-state index contributed by atoms with van der Waals surface area (Å²) in [6.45, 7) is 5.14. The van der Waals surface area contributed by atoms with Gasteiger partial charge in [-0.05, 0) is 24.5 Å². The normalized spacial score (nSPS) is 15.8. The number of piperidine rings is 1. The maximum Gasteiger partial charge on any atom is 0.219 e. The Hall–Kier alpha value is -2.25. The van der Waals surface area contributed by atoms with Crippen LogP contribution in [0.1, 0.15) is 30.2 Å². The van der Waals surface area contributed by atoms with Crippen molar-refractivity contribution in [2.45, 2.75) is 38.9 Å². The minimum absolute atomic E-state index is 0.183. The van der Waals surface area contributed by atoms with Crippen LogP contribution in [-0.2, 0) is 17.9 Å². The molecule has 3 aromatic rings. The van der Waals surface area contributed by atoms with Crippen LogP contribution in [0.25, 0.3) is 10.9 Å². The molecule has 2 aromatic heterocycles. The minimum Gasteiger partial charge on any atom is -0.343 e. The maximum atomic E-state index is 11.6. The zero-order valence-corrected chi connectivity index (χ0v) is 15.7. The molecule has 4 rings (SSSR count). The zero-order chi connectivity index (χ0) is 17.9. The Morgan fingerprint density at radius 1 is 1.31 bits per heavy atom. The van der Waals surface area contributed by atoms with Gasteiger partial charge in [0.15, 0.2) is 0 Å². The molecule has 0 aliphatic carbocycles. The van der Waals surface area contributed by atoms with Crippen molar-refractivity contribution < 1.29 is 4.79 Å². The summed E-state index contributed by atoms with van der Waals surface area (Å²) in [6, 6.07) is 6.97. The summed E-state index contributed by atoms with van der Waals surface area (Å²) in [6.07, 6.45) is 5.85. The highest BCUT2D eigenvalue weighted by Gasteiger charge is 2.26. The van der Waals surface area contributed by atoms with Crippen LogP contribution in [0.15, 0.2) is 36.1 Å². The fraction of sp³-hybridized carbons (Fsp3) is 0.421. The number of aromatic amines is 1. The van der Waals surface area contributed by atoms with E-state index < -0.39 is 0 Å². The molecule has 7 heteroatoms. The minimum atomic E-state index is 0.183. The molecule has 0 radical (unpaired) electrons. The lowest BCUT2D eigenvalue weighted by molar-refractivity contribution is -0.130. The van der Waals surface area contributed by atoms with Crippen molar-refractivity contribution in [3.8, 4) is 0 Å². The van der Waals surface area contributed by atoms with E-state index in [2.05, 4.69) is 38.3 Å². The molecule has 1 amide bonds. The van der Waals surface area contributed by atoms with Crippen molar-refractivity contribution >= 4 is 28.1 Å². The highest BCUT2D eigenvalue weighted by molar-refractivity contribution is 7.09. The van der Waals surface area contributed by atoms with Crippen molar-refractivity contribution in [1.29, 1.82) is 0 Å². The van der Waals surface area contributed by atoms with E-state index in [0.717, 1.165) is 49.9 Å². The second-order valence-corrected chi connectivity index (χ2v) is 7.87. The Kier molecular flexibility index (Phi) is 4.99. The number of rotatable bonds is 5. The van der Waals surface area contributed by atoms with E-state index in [1.165, 1.54) is 10.4 Å². The van der Waals surface area contributed by atoms with Crippen molar-refractivity contribution in [2.24, 2.45) is 0 Å². The van der Waals surface area contributed by atoms with Gasteiger partial charge < -0.3 is 4.90 Å². The van der Waals surface area contributed by atoms with Gasteiger partial charge in [-0.1, -0.05) is 12.1 Å². The average molecular weight is 369 g/mol. The highest BCUT2D eigenvalue weighted by Crippen LogP contribution is 2.24. The molecule has 0 atom stereocenters. The van der Waals surface area contributed by atoms with E-state index in [-0.39, 0.29) is 5.91 Å². The Labute approximate surface area is 156 Å². The Morgan fingerprint density at radius 3 is 2.88 bits per heavy atom. The lowest BCUT2D eigenvalue weighted by atomic mass is 10.0. The number of hydrogen-bond acceptors (Lipinski definition) is 5. The van der Waals surface area contributed by atoms with Gasteiger partial charge in [0.1, 0.15) is 0 Å². The summed E-state index contributed by atoms with van der Waals surface area (Å²) < 4.78 is 0. The predicted molar refractivity (Wildman–Crippen MR) is 103 cm³/mol. The van der Waals surface area contributed by atoms with Crippen LogP contribution < -0.4 is 0 Å². The van der Waals surface area contributed by atoms with Crippen LogP contribution in [0.5, 0.6) is 0 Å². The average Bonchev–Trinajstić information content (AvgIpc) is 3.32. The largest absolute Gasteiger partial charge is 0.343 e. The molecule has 0 spiro atoms. The van der Waals surface area contributed by atoms with Crippen molar-refractivity contribution in [3.05, 3.63) is 46.5 Å². The summed E-state index contributed by atoms with van der Waals surface area (Å²) in [4.78, 5) is 21.6. The number of carbonyl (C=O) groups is 1. The van der Waals surface area contributed by atoms with Gasteiger partial charge in [0.05, 0.1) is 17.2 Å². The first-order valence-corrected chi connectivity index (χ1v) is 9.86. The molecular formula is C19H23N5OS. The number of H-pyrrole nitrogens is 1. The van der Waals surface area contributed by atoms with Crippen LogP contribution in [-0.4, -0.2) is 50.0 Å². The molecular weight excluding hydrogens is 346 g/mol. The standard InChI is InChI=1S/C19H23N5OS/c1-14(25)23-6-4-17(5-7-23)24(12-18-10-20-13-26-18)11-15-2-3-16-9-21-22-19(16)8-15/h2-3,8-10,13,17H,4-7,11-12H2,1H3,(H,21,22). The highest BCUT2D eigenvalue weighted by atomic mass is 32.1. The van der Waals surface area contributed by atoms with Gasteiger partial charge in [-0.25, -0.2) is 0 Å². The van der Waals surface area contributed by atoms with Crippen molar-refractivity contribution in [3.63, 3.8) is 0 Å². The first-order chi connectivity index (χ1) is 12.7. The molecule has 1 N–H and O–H groups in total. The third-order valence-electron chi connectivity index (χ3n) is 5.16. The van der Waals surface area contributed by atoms with Gasteiger partial charge in [-0.2, -0.15) is 5.10 Å². The van der Waals surface area contributed by atoms with Crippen LogP contribution in [0.4, 0.5) is 0 Å². The van der Waals surface area contributed by atoms with Gasteiger partial charge in [-0.15, -0.1) is 11.3 Å².